The number of nitrogens with one attached hydrogen (secondary N) is 2. The molecule has 0 aromatic heterocycles. The average molecular weight is 313 g/mol. The maximum absolute atomic E-state index is 12.9. The molecule has 2 aromatic carbocycles. The molecule has 0 unspecified atom stereocenters. The predicted molar refractivity (Wildman–Crippen MR) is 80.0 cm³/mol. The third kappa shape index (κ3) is 4.11. The van der Waals surface area contributed by atoms with E-state index in [1.807, 2.05) is 0 Å². The Labute approximate surface area is 125 Å². The molecule has 1 amide bonds. The van der Waals surface area contributed by atoms with Crippen molar-refractivity contribution in [3.63, 3.8) is 0 Å². The van der Waals surface area contributed by atoms with Gasteiger partial charge in [0.1, 0.15) is 5.82 Å². The summed E-state index contributed by atoms with van der Waals surface area (Å²) in [6.45, 7) is 0.0118. The van der Waals surface area contributed by atoms with Gasteiger partial charge in [-0.15, -0.1) is 0 Å². The first-order valence-electron chi connectivity index (χ1n) is 5.79. The highest BCUT2D eigenvalue weighted by Crippen LogP contribution is 2.22. The van der Waals surface area contributed by atoms with Crippen LogP contribution in [0.5, 0.6) is 0 Å². The van der Waals surface area contributed by atoms with Gasteiger partial charge in [-0.1, -0.05) is 29.3 Å². The molecule has 0 aliphatic heterocycles. The number of hydrogen-bond donors (Lipinski definition) is 2. The van der Waals surface area contributed by atoms with Crippen LogP contribution in [-0.4, -0.2) is 12.5 Å². The first-order chi connectivity index (χ1) is 9.54. The summed E-state index contributed by atoms with van der Waals surface area (Å²) in [7, 11) is 0. The Hall–Kier alpha value is -1.78. The van der Waals surface area contributed by atoms with E-state index in [1.165, 1.54) is 18.2 Å². The molecule has 6 heteroatoms. The zero-order valence-corrected chi connectivity index (χ0v) is 11.8. The Kier molecular flexibility index (Phi) is 4.82. The molecule has 0 saturated heterocycles. The summed E-state index contributed by atoms with van der Waals surface area (Å²) in [6.07, 6.45) is 0. The van der Waals surface area contributed by atoms with Gasteiger partial charge < -0.3 is 10.6 Å². The first kappa shape index (κ1) is 14.6. The Balaban J connectivity index is 1.92. The molecule has 0 atom stereocenters. The topological polar surface area (TPSA) is 41.1 Å². The van der Waals surface area contributed by atoms with Gasteiger partial charge in [-0.05, 0) is 36.4 Å². The maximum atomic E-state index is 12.9. The summed E-state index contributed by atoms with van der Waals surface area (Å²) in [5.74, 6) is -0.684. The van der Waals surface area contributed by atoms with E-state index in [-0.39, 0.29) is 17.5 Å². The van der Waals surface area contributed by atoms with E-state index in [4.69, 9.17) is 23.2 Å². The third-order valence-electron chi connectivity index (χ3n) is 2.48. The van der Waals surface area contributed by atoms with Gasteiger partial charge in [-0.25, -0.2) is 4.39 Å². The quantitative estimate of drug-likeness (QED) is 0.889. The van der Waals surface area contributed by atoms with Crippen LogP contribution in [0.3, 0.4) is 0 Å². The van der Waals surface area contributed by atoms with Crippen molar-refractivity contribution in [3.05, 3.63) is 58.3 Å². The van der Waals surface area contributed by atoms with Gasteiger partial charge in [0, 0.05) is 10.7 Å². The van der Waals surface area contributed by atoms with E-state index < -0.39 is 5.82 Å². The molecule has 0 radical (unpaired) electrons. The Bertz CT molecular complexity index is 634. The summed E-state index contributed by atoms with van der Waals surface area (Å²) in [5, 5.41) is 6.27. The lowest BCUT2D eigenvalue weighted by Crippen LogP contribution is -2.21. The highest BCUT2D eigenvalue weighted by atomic mass is 35.5. The lowest BCUT2D eigenvalue weighted by Gasteiger charge is -2.09. The number of carbonyl (C=O) groups excluding carboxylic acids is 1. The average Bonchev–Trinajstić information content (AvgIpc) is 2.37. The molecule has 0 bridgehead atoms. The molecule has 0 heterocycles. The fourth-order valence-corrected chi connectivity index (χ4v) is 2.00. The van der Waals surface area contributed by atoms with Crippen LogP contribution in [0.25, 0.3) is 0 Å². The van der Waals surface area contributed by atoms with Gasteiger partial charge in [-0.2, -0.15) is 0 Å². The highest BCUT2D eigenvalue weighted by Gasteiger charge is 2.05. The van der Waals surface area contributed by atoms with Gasteiger partial charge in [-0.3, -0.25) is 4.79 Å². The van der Waals surface area contributed by atoms with E-state index >= 15 is 0 Å². The summed E-state index contributed by atoms with van der Waals surface area (Å²) in [5.41, 5.74) is 1.10. The van der Waals surface area contributed by atoms with Crippen molar-refractivity contribution in [3.8, 4) is 0 Å². The van der Waals surface area contributed by atoms with Crippen LogP contribution in [0.1, 0.15) is 0 Å². The summed E-state index contributed by atoms with van der Waals surface area (Å²) in [6, 6.07) is 10.8. The van der Waals surface area contributed by atoms with E-state index in [1.54, 1.807) is 24.3 Å². The molecule has 0 aliphatic carbocycles. The monoisotopic (exact) mass is 312 g/mol. The minimum Gasteiger partial charge on any atom is -0.375 e. The number of anilines is 2. The smallest absolute Gasteiger partial charge is 0.243 e. The zero-order valence-electron chi connectivity index (χ0n) is 10.3. The molecular weight excluding hydrogens is 302 g/mol. The third-order valence-corrected chi connectivity index (χ3v) is 3.03. The summed E-state index contributed by atoms with van der Waals surface area (Å²) >= 11 is 11.7. The predicted octanol–water partition coefficient (Wildman–Crippen LogP) is 4.18. The van der Waals surface area contributed by atoms with Crippen molar-refractivity contribution >= 4 is 40.5 Å². The van der Waals surface area contributed by atoms with Crippen LogP contribution < -0.4 is 10.6 Å². The molecule has 0 fully saturated rings. The lowest BCUT2D eigenvalue weighted by molar-refractivity contribution is -0.114. The van der Waals surface area contributed by atoms with Crippen molar-refractivity contribution in [2.45, 2.75) is 0 Å². The highest BCUT2D eigenvalue weighted by molar-refractivity contribution is 6.33. The second-order valence-electron chi connectivity index (χ2n) is 4.04. The van der Waals surface area contributed by atoms with Crippen molar-refractivity contribution in [2.24, 2.45) is 0 Å². The molecule has 0 spiro atoms. The van der Waals surface area contributed by atoms with E-state index in [9.17, 15) is 9.18 Å². The molecule has 2 aromatic rings. The number of rotatable bonds is 4. The van der Waals surface area contributed by atoms with Crippen LogP contribution in [0.15, 0.2) is 42.5 Å². The van der Waals surface area contributed by atoms with Crippen molar-refractivity contribution < 1.29 is 9.18 Å². The lowest BCUT2D eigenvalue weighted by atomic mass is 10.3. The summed E-state index contributed by atoms with van der Waals surface area (Å²) in [4.78, 5) is 11.7. The molecule has 104 valence electrons. The van der Waals surface area contributed by atoms with Gasteiger partial charge in [0.15, 0.2) is 0 Å². The largest absolute Gasteiger partial charge is 0.375 e. The molecule has 20 heavy (non-hydrogen) atoms. The van der Waals surface area contributed by atoms with Gasteiger partial charge in [0.05, 0.1) is 17.3 Å². The molecule has 0 saturated carbocycles. The second-order valence-corrected chi connectivity index (χ2v) is 4.88. The minimum absolute atomic E-state index is 0.0118. The van der Waals surface area contributed by atoms with Crippen LogP contribution >= 0.6 is 23.2 Å². The standard InChI is InChI=1S/C14H11Cl2FN2O/c15-9-2-1-3-11(6-9)19-14(20)8-18-13-5-4-10(17)7-12(13)16/h1-7,18H,8H2,(H,19,20). The van der Waals surface area contributed by atoms with E-state index in [2.05, 4.69) is 10.6 Å². The second kappa shape index (κ2) is 6.59. The first-order valence-corrected chi connectivity index (χ1v) is 6.54. The fourth-order valence-electron chi connectivity index (χ4n) is 1.58. The molecule has 2 rings (SSSR count). The number of carbonyl (C=O) groups is 1. The van der Waals surface area contributed by atoms with E-state index in [0.717, 1.165) is 0 Å². The Morgan fingerprint density at radius 3 is 2.65 bits per heavy atom. The van der Waals surface area contributed by atoms with Crippen LogP contribution in [-0.2, 0) is 4.79 Å². The van der Waals surface area contributed by atoms with Crippen molar-refractivity contribution in [2.75, 3.05) is 17.2 Å². The molecule has 2 N–H and O–H groups in total. The molecule has 0 aliphatic rings. The number of amides is 1. The van der Waals surface area contributed by atoms with Crippen molar-refractivity contribution in [1.29, 1.82) is 0 Å². The van der Waals surface area contributed by atoms with Gasteiger partial charge >= 0.3 is 0 Å². The zero-order chi connectivity index (χ0) is 14.5. The Morgan fingerprint density at radius 2 is 1.95 bits per heavy atom. The summed E-state index contributed by atoms with van der Waals surface area (Å²) < 4.78 is 12.9. The molecule has 3 nitrogen and oxygen atoms in total. The van der Waals surface area contributed by atoms with Crippen LogP contribution in [0, 0.1) is 5.82 Å². The number of benzene rings is 2. The van der Waals surface area contributed by atoms with Gasteiger partial charge in [0.2, 0.25) is 5.91 Å². The SMILES string of the molecule is O=C(CNc1ccc(F)cc1Cl)Nc1cccc(Cl)c1. The normalized spacial score (nSPS) is 10.2. The van der Waals surface area contributed by atoms with Crippen LogP contribution in [0.2, 0.25) is 10.0 Å². The van der Waals surface area contributed by atoms with E-state index in [0.29, 0.717) is 16.4 Å². The number of hydrogen-bond acceptors (Lipinski definition) is 2. The number of halogens is 3. The van der Waals surface area contributed by atoms with Gasteiger partial charge in [0.25, 0.3) is 0 Å². The van der Waals surface area contributed by atoms with Crippen LogP contribution in [0.4, 0.5) is 15.8 Å². The fraction of sp³-hybridized carbons (Fsp3) is 0.0714. The Morgan fingerprint density at radius 1 is 1.15 bits per heavy atom. The molecular formula is C14H11Cl2FN2O. The van der Waals surface area contributed by atoms with Crippen molar-refractivity contribution in [1.82, 2.24) is 0 Å². The maximum Gasteiger partial charge on any atom is 0.243 e. The minimum atomic E-state index is -0.427.